The fraction of sp³-hybridized carbons (Fsp3) is 0.560. The van der Waals surface area contributed by atoms with E-state index in [1.807, 2.05) is 13.1 Å². The van der Waals surface area contributed by atoms with E-state index in [4.69, 9.17) is 11.2 Å². The van der Waals surface area contributed by atoms with Crippen molar-refractivity contribution in [3.8, 4) is 18.1 Å². The molecule has 2 aromatic rings. The molecule has 5 rings (SSSR count). The van der Waals surface area contributed by atoms with Crippen LogP contribution in [0.3, 0.4) is 0 Å². The largest absolute Gasteiger partial charge is 0.497 e. The molecule has 0 saturated heterocycles. The predicted molar refractivity (Wildman–Crippen MR) is 115 cm³/mol. The van der Waals surface area contributed by atoms with Crippen LogP contribution in [0.4, 0.5) is 0 Å². The molecule has 0 amide bonds. The Morgan fingerprint density at radius 3 is 2.72 bits per heavy atom. The van der Waals surface area contributed by atoms with Crippen molar-refractivity contribution < 1.29 is 9.84 Å². The fourth-order valence-electron chi connectivity index (χ4n) is 6.25. The molecule has 4 nitrogen and oxygen atoms in total. The highest BCUT2D eigenvalue weighted by atomic mass is 16.5. The quantitative estimate of drug-likeness (QED) is 0.696. The third-order valence-electron chi connectivity index (χ3n) is 7.96. The number of hydrogen-bond donors (Lipinski definition) is 2. The number of fused-ring (bicyclic) bond motifs is 5. The molecule has 4 heteroatoms. The normalized spacial score (nSPS) is 34.7. The molecule has 0 unspecified atom stereocenters. The summed E-state index contributed by atoms with van der Waals surface area (Å²) in [5.74, 6) is 5.56. The van der Waals surface area contributed by atoms with Crippen molar-refractivity contribution in [3.05, 3.63) is 47.3 Å². The van der Waals surface area contributed by atoms with Crippen molar-refractivity contribution in [1.82, 2.24) is 10.2 Å². The van der Waals surface area contributed by atoms with Gasteiger partial charge in [0.2, 0.25) is 0 Å². The average molecular weight is 393 g/mol. The van der Waals surface area contributed by atoms with Gasteiger partial charge in [-0.3, -0.25) is 5.10 Å². The lowest BCUT2D eigenvalue weighted by Crippen LogP contribution is -2.50. The van der Waals surface area contributed by atoms with Gasteiger partial charge in [-0.15, -0.1) is 6.42 Å². The number of aryl methyl sites for hydroxylation is 2. The standard InChI is InChI=1S/C21H26O2.C4H6N2/c1-4-21(22)12-10-19-18-7-5-14-13-15(23-3)6-8-16(14)17(18)9-11-20(19,21)2;1-4-2-5-6-3-4/h1,6,8,13,17-19,22H,5,7,9-12H2,2-3H3;2-3H,1H3,(H,5,6)/t17-,18-,19+,20+,21+;/m1./s1. The maximum Gasteiger partial charge on any atom is 0.130 e. The topological polar surface area (TPSA) is 58.1 Å². The van der Waals surface area contributed by atoms with Crippen LogP contribution < -0.4 is 4.74 Å². The van der Waals surface area contributed by atoms with E-state index in [1.54, 1.807) is 13.3 Å². The van der Waals surface area contributed by atoms with Gasteiger partial charge in [0.25, 0.3) is 0 Å². The van der Waals surface area contributed by atoms with Crippen LogP contribution >= 0.6 is 0 Å². The molecule has 1 aromatic carbocycles. The number of nitrogens with one attached hydrogen (secondary N) is 1. The first-order chi connectivity index (χ1) is 13.9. The van der Waals surface area contributed by atoms with Crippen molar-refractivity contribution in [2.75, 3.05) is 7.11 Å². The van der Waals surface area contributed by atoms with E-state index in [0.29, 0.717) is 17.8 Å². The van der Waals surface area contributed by atoms with Crippen LogP contribution in [0, 0.1) is 36.5 Å². The van der Waals surface area contributed by atoms with Crippen LogP contribution in [0.1, 0.15) is 61.6 Å². The van der Waals surface area contributed by atoms with E-state index in [1.165, 1.54) is 23.1 Å². The number of aromatic nitrogens is 2. The van der Waals surface area contributed by atoms with Crippen LogP contribution in [-0.4, -0.2) is 28.0 Å². The maximum absolute atomic E-state index is 11.0. The first-order valence-electron chi connectivity index (χ1n) is 10.7. The van der Waals surface area contributed by atoms with Gasteiger partial charge in [-0.2, -0.15) is 5.10 Å². The molecule has 1 heterocycles. The van der Waals surface area contributed by atoms with E-state index in [-0.39, 0.29) is 5.41 Å². The summed E-state index contributed by atoms with van der Waals surface area (Å²) in [5.41, 5.74) is 3.14. The molecule has 29 heavy (non-hydrogen) atoms. The lowest BCUT2D eigenvalue weighted by molar-refractivity contribution is -0.0646. The van der Waals surface area contributed by atoms with Gasteiger partial charge < -0.3 is 9.84 Å². The van der Waals surface area contributed by atoms with Gasteiger partial charge in [0.05, 0.1) is 13.3 Å². The molecule has 1 aromatic heterocycles. The molecule has 2 fully saturated rings. The summed E-state index contributed by atoms with van der Waals surface area (Å²) in [6.45, 7) is 4.23. The Bertz CT molecular complexity index is 900. The minimum atomic E-state index is -0.900. The van der Waals surface area contributed by atoms with Gasteiger partial charge in [0.1, 0.15) is 11.4 Å². The molecule has 2 saturated carbocycles. The third-order valence-corrected chi connectivity index (χ3v) is 7.96. The van der Waals surface area contributed by atoms with Crippen LogP contribution in [0.15, 0.2) is 30.6 Å². The minimum absolute atomic E-state index is 0.104. The number of hydrogen-bond acceptors (Lipinski definition) is 3. The lowest BCUT2D eigenvalue weighted by Gasteiger charge is -2.52. The Morgan fingerprint density at radius 2 is 2.10 bits per heavy atom. The first kappa shape index (κ1) is 20.0. The number of H-pyrrole nitrogens is 1. The number of terminal acetylenes is 1. The van der Waals surface area contributed by atoms with Crippen LogP contribution in [0.2, 0.25) is 0 Å². The number of aromatic amines is 1. The van der Waals surface area contributed by atoms with E-state index >= 15 is 0 Å². The fourth-order valence-corrected chi connectivity index (χ4v) is 6.25. The summed E-state index contributed by atoms with van der Waals surface area (Å²) in [6, 6.07) is 6.59. The summed E-state index contributed by atoms with van der Waals surface area (Å²) in [6.07, 6.45) is 15.7. The molecule has 154 valence electrons. The minimum Gasteiger partial charge on any atom is -0.497 e. The van der Waals surface area contributed by atoms with Crippen molar-refractivity contribution in [1.29, 1.82) is 0 Å². The second kappa shape index (κ2) is 7.54. The van der Waals surface area contributed by atoms with Crippen molar-refractivity contribution in [2.45, 2.75) is 63.9 Å². The van der Waals surface area contributed by atoms with Gasteiger partial charge in [-0.05, 0) is 92.0 Å². The summed E-state index contributed by atoms with van der Waals surface area (Å²) >= 11 is 0. The highest BCUT2D eigenvalue weighted by molar-refractivity contribution is 5.41. The molecule has 3 aliphatic carbocycles. The molecular weight excluding hydrogens is 360 g/mol. The Hall–Kier alpha value is -2.25. The second-order valence-electron chi connectivity index (χ2n) is 9.26. The van der Waals surface area contributed by atoms with Crippen LogP contribution in [0.25, 0.3) is 0 Å². The van der Waals surface area contributed by atoms with Crippen molar-refractivity contribution in [3.63, 3.8) is 0 Å². The monoisotopic (exact) mass is 392 g/mol. The second-order valence-corrected chi connectivity index (χ2v) is 9.26. The smallest absolute Gasteiger partial charge is 0.130 e. The summed E-state index contributed by atoms with van der Waals surface area (Å²) in [7, 11) is 1.73. The Balaban J connectivity index is 0.000000294. The summed E-state index contributed by atoms with van der Waals surface area (Å²) < 4.78 is 5.39. The molecule has 0 spiro atoms. The molecule has 0 aliphatic heterocycles. The molecule has 2 N–H and O–H groups in total. The van der Waals surface area contributed by atoms with E-state index in [2.05, 4.69) is 41.2 Å². The molecule has 5 atom stereocenters. The van der Waals surface area contributed by atoms with Gasteiger partial charge in [-0.1, -0.05) is 18.9 Å². The van der Waals surface area contributed by atoms with E-state index in [0.717, 1.165) is 37.9 Å². The molecule has 3 aliphatic rings. The average Bonchev–Trinajstić information content (AvgIpc) is 3.32. The summed E-state index contributed by atoms with van der Waals surface area (Å²) in [5, 5.41) is 17.3. The Morgan fingerprint density at radius 1 is 1.28 bits per heavy atom. The number of benzene rings is 1. The van der Waals surface area contributed by atoms with Gasteiger partial charge >= 0.3 is 0 Å². The third kappa shape index (κ3) is 3.26. The van der Waals surface area contributed by atoms with E-state index in [9.17, 15) is 5.11 Å². The van der Waals surface area contributed by atoms with Gasteiger partial charge in [0, 0.05) is 11.6 Å². The lowest BCUT2D eigenvalue weighted by atomic mass is 9.53. The zero-order valence-corrected chi connectivity index (χ0v) is 17.7. The maximum atomic E-state index is 11.0. The number of ether oxygens (including phenoxy) is 1. The zero-order valence-electron chi connectivity index (χ0n) is 17.7. The molecule has 0 radical (unpaired) electrons. The Kier molecular flexibility index (Phi) is 5.21. The highest BCUT2D eigenvalue weighted by Gasteiger charge is 2.61. The number of aliphatic hydroxyl groups is 1. The van der Waals surface area contributed by atoms with Crippen LogP contribution in [-0.2, 0) is 6.42 Å². The molecule has 0 bridgehead atoms. The Labute approximate surface area is 174 Å². The number of rotatable bonds is 1. The predicted octanol–water partition coefficient (Wildman–Crippen LogP) is 4.63. The summed E-state index contributed by atoms with van der Waals surface area (Å²) in [4.78, 5) is 0. The number of nitrogens with zero attached hydrogens (tertiary/aromatic N) is 1. The van der Waals surface area contributed by atoms with Gasteiger partial charge in [0.15, 0.2) is 0 Å². The highest BCUT2D eigenvalue weighted by Crippen LogP contribution is 2.64. The van der Waals surface area contributed by atoms with E-state index < -0.39 is 5.60 Å². The zero-order chi connectivity index (χ0) is 20.6. The number of methoxy groups -OCH3 is 1. The van der Waals surface area contributed by atoms with Crippen molar-refractivity contribution in [2.24, 2.45) is 17.3 Å². The van der Waals surface area contributed by atoms with Crippen molar-refractivity contribution >= 4 is 0 Å². The van der Waals surface area contributed by atoms with Gasteiger partial charge in [-0.25, -0.2) is 0 Å². The van der Waals surface area contributed by atoms with Crippen LogP contribution in [0.5, 0.6) is 5.75 Å². The SMILES string of the molecule is C#C[C@]1(O)CC[C@H]2[C@@H]3CCc4cc(OC)ccc4[C@H]3CC[C@@]21C.Cc1cn[nH]c1. The first-order valence-corrected chi connectivity index (χ1v) is 10.7. The molecular formula is C25H32N2O2.